The number of carbonyl (C=O) groups is 2. The smallest absolute Gasteiger partial charge is 0.337 e. The van der Waals surface area contributed by atoms with Crippen LogP contribution in [0.1, 0.15) is 34.1 Å². The Morgan fingerprint density at radius 3 is 2.03 bits per heavy atom. The number of methoxy groups -OCH3 is 2. The van der Waals surface area contributed by atoms with Crippen LogP contribution in [0, 0.1) is 0 Å². The predicted octanol–water partition coefficient (Wildman–Crippen LogP) is 2.45. The Morgan fingerprint density at radius 2 is 1.53 bits per heavy atom. The van der Waals surface area contributed by atoms with Crippen molar-refractivity contribution in [2.75, 3.05) is 38.8 Å². The fourth-order valence-corrected chi connectivity index (χ4v) is 4.04. The molecule has 0 atom stereocenters. The number of para-hydroxylation sites is 1. The second kappa shape index (κ2) is 10.7. The molecule has 30 heavy (non-hydrogen) atoms. The van der Waals surface area contributed by atoms with Gasteiger partial charge >= 0.3 is 11.9 Å². The van der Waals surface area contributed by atoms with Crippen molar-refractivity contribution in [1.29, 1.82) is 0 Å². The molecule has 0 aliphatic rings. The molecule has 0 radical (unpaired) electrons. The fraction of sp³-hybridized carbons (Fsp3) is 0.333. The van der Waals surface area contributed by atoms with E-state index in [1.165, 1.54) is 32.4 Å². The number of hydrogen-bond donors (Lipinski definition) is 1. The van der Waals surface area contributed by atoms with E-state index < -0.39 is 22.0 Å². The highest BCUT2D eigenvalue weighted by molar-refractivity contribution is 7.89. The highest BCUT2D eigenvalue weighted by atomic mass is 32.2. The van der Waals surface area contributed by atoms with E-state index in [1.807, 2.05) is 37.3 Å². The molecule has 0 amide bonds. The number of ether oxygens (including phenoxy) is 2. The molecular formula is C21H26N2O6S. The van der Waals surface area contributed by atoms with Crippen molar-refractivity contribution in [2.24, 2.45) is 0 Å². The van der Waals surface area contributed by atoms with Gasteiger partial charge in [0.25, 0.3) is 0 Å². The molecule has 0 saturated heterocycles. The van der Waals surface area contributed by atoms with Gasteiger partial charge in [-0.05, 0) is 43.7 Å². The molecule has 0 unspecified atom stereocenters. The van der Waals surface area contributed by atoms with Crippen LogP contribution in [0.3, 0.4) is 0 Å². The van der Waals surface area contributed by atoms with E-state index >= 15 is 0 Å². The van der Waals surface area contributed by atoms with Crippen LogP contribution in [0.4, 0.5) is 5.69 Å². The Hall–Kier alpha value is -2.91. The summed E-state index contributed by atoms with van der Waals surface area (Å²) >= 11 is 0. The third-order valence-corrected chi connectivity index (χ3v) is 5.90. The van der Waals surface area contributed by atoms with Gasteiger partial charge < -0.3 is 14.4 Å². The molecule has 9 heteroatoms. The van der Waals surface area contributed by atoms with Gasteiger partial charge in [0.1, 0.15) is 0 Å². The molecule has 0 spiro atoms. The molecule has 0 fully saturated rings. The summed E-state index contributed by atoms with van der Waals surface area (Å²) in [6, 6.07) is 13.4. The summed E-state index contributed by atoms with van der Waals surface area (Å²) in [7, 11) is -1.60. The molecule has 0 aliphatic heterocycles. The van der Waals surface area contributed by atoms with E-state index in [4.69, 9.17) is 0 Å². The van der Waals surface area contributed by atoms with E-state index in [2.05, 4.69) is 19.1 Å². The van der Waals surface area contributed by atoms with Gasteiger partial charge in [0, 0.05) is 25.3 Å². The molecular weight excluding hydrogens is 408 g/mol. The second-order valence-corrected chi connectivity index (χ2v) is 8.16. The Bertz CT molecular complexity index is 942. The molecule has 2 aromatic rings. The Labute approximate surface area is 176 Å². The van der Waals surface area contributed by atoms with Crippen LogP contribution in [-0.2, 0) is 19.5 Å². The van der Waals surface area contributed by atoms with Crippen LogP contribution in [-0.4, -0.2) is 54.2 Å². The van der Waals surface area contributed by atoms with Crippen LogP contribution in [0.15, 0.2) is 53.4 Å². The standard InChI is InChI=1S/C21H26N2O6S/c1-4-23(18-9-6-5-7-10-18)12-8-11-22-30(26,27)19-14-16(20(24)28-2)13-17(15-19)21(25)29-3/h5-7,9-10,13-15,22H,4,8,11-12H2,1-3H3. The summed E-state index contributed by atoms with van der Waals surface area (Å²) in [5.41, 5.74) is 0.959. The molecule has 0 heterocycles. The summed E-state index contributed by atoms with van der Waals surface area (Å²) in [5.74, 6) is -1.50. The third kappa shape index (κ3) is 6.04. The van der Waals surface area contributed by atoms with Crippen molar-refractivity contribution in [3.63, 3.8) is 0 Å². The van der Waals surface area contributed by atoms with Gasteiger partial charge in [-0.25, -0.2) is 22.7 Å². The maximum absolute atomic E-state index is 12.7. The molecule has 0 bridgehead atoms. The van der Waals surface area contributed by atoms with Crippen molar-refractivity contribution < 1.29 is 27.5 Å². The molecule has 2 aromatic carbocycles. The lowest BCUT2D eigenvalue weighted by Gasteiger charge is -2.23. The summed E-state index contributed by atoms with van der Waals surface area (Å²) in [5, 5.41) is 0. The number of hydrogen-bond acceptors (Lipinski definition) is 7. The zero-order valence-corrected chi connectivity index (χ0v) is 18.1. The van der Waals surface area contributed by atoms with Crippen molar-refractivity contribution in [2.45, 2.75) is 18.2 Å². The van der Waals surface area contributed by atoms with Gasteiger partial charge in [-0.2, -0.15) is 0 Å². The lowest BCUT2D eigenvalue weighted by atomic mass is 10.1. The third-order valence-electron chi connectivity index (χ3n) is 4.46. The van der Waals surface area contributed by atoms with Gasteiger partial charge in [-0.15, -0.1) is 0 Å². The molecule has 162 valence electrons. The number of nitrogens with one attached hydrogen (secondary N) is 1. The average molecular weight is 435 g/mol. The van der Waals surface area contributed by atoms with Gasteiger partial charge in [-0.3, -0.25) is 0 Å². The number of sulfonamides is 1. The van der Waals surface area contributed by atoms with Gasteiger partial charge in [0.15, 0.2) is 0 Å². The first-order valence-corrected chi connectivity index (χ1v) is 10.9. The van der Waals surface area contributed by atoms with E-state index in [0.717, 1.165) is 12.2 Å². The minimum absolute atomic E-state index is 0.0537. The highest BCUT2D eigenvalue weighted by Crippen LogP contribution is 2.18. The van der Waals surface area contributed by atoms with Gasteiger partial charge in [0.05, 0.1) is 30.2 Å². The quantitative estimate of drug-likeness (QED) is 0.453. The van der Waals surface area contributed by atoms with Crippen molar-refractivity contribution in [3.05, 3.63) is 59.7 Å². The number of anilines is 1. The SMILES string of the molecule is CCN(CCCNS(=O)(=O)c1cc(C(=O)OC)cc(C(=O)OC)c1)c1ccccc1. The van der Waals surface area contributed by atoms with E-state index in [-0.39, 0.29) is 22.6 Å². The van der Waals surface area contributed by atoms with Gasteiger partial charge in [-0.1, -0.05) is 18.2 Å². The molecule has 0 aliphatic carbocycles. The molecule has 2 rings (SSSR count). The number of benzene rings is 2. The van der Waals surface area contributed by atoms with Crippen molar-refractivity contribution in [3.8, 4) is 0 Å². The second-order valence-electron chi connectivity index (χ2n) is 6.40. The van der Waals surface area contributed by atoms with Gasteiger partial charge in [0.2, 0.25) is 10.0 Å². The first-order chi connectivity index (χ1) is 14.3. The largest absolute Gasteiger partial charge is 0.465 e. The van der Waals surface area contributed by atoms with Crippen LogP contribution in [0.25, 0.3) is 0 Å². The highest BCUT2D eigenvalue weighted by Gasteiger charge is 2.21. The maximum atomic E-state index is 12.7. The number of nitrogens with zero attached hydrogens (tertiary/aromatic N) is 1. The monoisotopic (exact) mass is 434 g/mol. The lowest BCUT2D eigenvalue weighted by Crippen LogP contribution is -2.30. The summed E-state index contributed by atoms with van der Waals surface area (Å²) < 4.78 is 37.2. The minimum atomic E-state index is -3.94. The molecule has 1 N–H and O–H groups in total. The van der Waals surface area contributed by atoms with E-state index in [9.17, 15) is 18.0 Å². The number of rotatable bonds is 10. The zero-order chi connectivity index (χ0) is 22.1. The minimum Gasteiger partial charge on any atom is -0.465 e. The summed E-state index contributed by atoms with van der Waals surface area (Å²) in [4.78, 5) is 25.7. The van der Waals surface area contributed by atoms with Crippen LogP contribution >= 0.6 is 0 Å². The fourth-order valence-electron chi connectivity index (χ4n) is 2.89. The predicted molar refractivity (Wildman–Crippen MR) is 113 cm³/mol. The maximum Gasteiger partial charge on any atom is 0.337 e. The van der Waals surface area contributed by atoms with E-state index in [0.29, 0.717) is 13.0 Å². The van der Waals surface area contributed by atoms with E-state index in [1.54, 1.807) is 0 Å². The average Bonchev–Trinajstić information content (AvgIpc) is 2.78. The normalized spacial score (nSPS) is 11.0. The Balaban J connectivity index is 2.10. The molecule has 8 nitrogen and oxygen atoms in total. The topological polar surface area (TPSA) is 102 Å². The van der Waals surface area contributed by atoms with Crippen LogP contribution in [0.5, 0.6) is 0 Å². The van der Waals surface area contributed by atoms with Crippen LogP contribution < -0.4 is 9.62 Å². The van der Waals surface area contributed by atoms with Crippen molar-refractivity contribution >= 4 is 27.6 Å². The number of esters is 2. The first-order valence-electron chi connectivity index (χ1n) is 9.43. The van der Waals surface area contributed by atoms with Crippen LogP contribution in [0.2, 0.25) is 0 Å². The molecule has 0 saturated carbocycles. The Morgan fingerprint density at radius 1 is 0.967 bits per heavy atom. The Kier molecular flexibility index (Phi) is 8.37. The summed E-state index contributed by atoms with van der Waals surface area (Å²) in [6.45, 7) is 3.69. The zero-order valence-electron chi connectivity index (χ0n) is 17.3. The number of carbonyl (C=O) groups excluding carboxylic acids is 2. The lowest BCUT2D eigenvalue weighted by molar-refractivity contribution is 0.0598. The first kappa shape index (κ1) is 23.4. The summed E-state index contributed by atoms with van der Waals surface area (Å²) in [6.07, 6.45) is 0.572. The van der Waals surface area contributed by atoms with Crippen molar-refractivity contribution in [1.82, 2.24) is 4.72 Å². The molecule has 0 aromatic heterocycles.